The fraction of sp³-hybridized carbons (Fsp3) is 0.429. The molecule has 0 amide bonds. The number of aryl methyl sites for hydroxylation is 1. The molecule has 1 aromatic carbocycles. The third-order valence-corrected chi connectivity index (χ3v) is 4.90. The van der Waals surface area contributed by atoms with E-state index in [4.69, 9.17) is 0 Å². The second-order valence-corrected chi connectivity index (χ2v) is 6.48. The maximum absolute atomic E-state index is 12.1. The van der Waals surface area contributed by atoms with Crippen molar-refractivity contribution >= 4 is 10.8 Å². The van der Waals surface area contributed by atoms with E-state index in [1.54, 1.807) is 6.33 Å². The third kappa shape index (κ3) is 3.13. The Morgan fingerprint density at radius 2 is 2.20 bits per heavy atom. The van der Waals surface area contributed by atoms with Gasteiger partial charge in [0.25, 0.3) is 0 Å². The van der Waals surface area contributed by atoms with Crippen molar-refractivity contribution in [1.82, 2.24) is 20.1 Å². The van der Waals surface area contributed by atoms with E-state index >= 15 is 0 Å². The lowest BCUT2D eigenvalue weighted by atomic mass is 10.1. The highest BCUT2D eigenvalue weighted by Gasteiger charge is 2.19. The van der Waals surface area contributed by atoms with E-state index < -0.39 is 10.8 Å². The summed E-state index contributed by atoms with van der Waals surface area (Å²) in [5.41, 5.74) is 0. The molecule has 2 atom stereocenters. The molecule has 0 bridgehead atoms. The van der Waals surface area contributed by atoms with Gasteiger partial charge in [-0.05, 0) is 18.6 Å². The normalized spacial score (nSPS) is 19.5. The number of rotatable bonds is 5. The van der Waals surface area contributed by atoms with Crippen LogP contribution in [0.2, 0.25) is 0 Å². The van der Waals surface area contributed by atoms with Crippen molar-refractivity contribution < 1.29 is 4.21 Å². The van der Waals surface area contributed by atoms with Gasteiger partial charge in [-0.1, -0.05) is 18.2 Å². The van der Waals surface area contributed by atoms with Gasteiger partial charge in [-0.3, -0.25) is 4.21 Å². The Labute approximate surface area is 120 Å². The number of hydrogen-bond acceptors (Lipinski definition) is 4. The molecule has 0 radical (unpaired) electrons. The Morgan fingerprint density at radius 1 is 1.35 bits per heavy atom. The van der Waals surface area contributed by atoms with E-state index in [1.165, 1.54) is 0 Å². The molecule has 5 nitrogen and oxygen atoms in total. The van der Waals surface area contributed by atoms with E-state index in [2.05, 4.69) is 15.4 Å². The molecule has 3 rings (SSSR count). The van der Waals surface area contributed by atoms with Crippen LogP contribution in [0.15, 0.2) is 41.6 Å². The summed E-state index contributed by atoms with van der Waals surface area (Å²) in [5.74, 6) is 1.71. The summed E-state index contributed by atoms with van der Waals surface area (Å²) in [6.45, 7) is 1.61. The lowest BCUT2D eigenvalue weighted by Gasteiger charge is -2.23. The smallest absolute Gasteiger partial charge is 0.138 e. The average molecular weight is 290 g/mol. The first-order valence-corrected chi connectivity index (χ1v) is 8.18. The molecule has 2 aromatic rings. The number of fused-ring (bicyclic) bond motifs is 1. The predicted molar refractivity (Wildman–Crippen MR) is 77.9 cm³/mol. The summed E-state index contributed by atoms with van der Waals surface area (Å²) in [6.07, 6.45) is 3.64. The maximum atomic E-state index is 12.1. The number of benzene rings is 1. The minimum absolute atomic E-state index is 0.400. The molecular weight excluding hydrogens is 272 g/mol. The Bertz CT molecular complexity index is 584. The first-order valence-electron chi connectivity index (χ1n) is 6.86. The summed E-state index contributed by atoms with van der Waals surface area (Å²) in [6, 6.07) is 10.0. The Morgan fingerprint density at radius 3 is 3.05 bits per heavy atom. The summed E-state index contributed by atoms with van der Waals surface area (Å²) in [5, 5.41) is 7.67. The highest BCUT2D eigenvalue weighted by Crippen LogP contribution is 2.11. The van der Waals surface area contributed by atoms with Gasteiger partial charge in [0.05, 0.1) is 17.3 Å². The monoisotopic (exact) mass is 290 g/mol. The van der Waals surface area contributed by atoms with Gasteiger partial charge in [-0.25, -0.2) is 9.67 Å². The average Bonchev–Trinajstić information content (AvgIpc) is 2.95. The van der Waals surface area contributed by atoms with Crippen molar-refractivity contribution in [3.05, 3.63) is 42.5 Å². The fourth-order valence-electron chi connectivity index (χ4n) is 2.45. The van der Waals surface area contributed by atoms with Gasteiger partial charge in [0.15, 0.2) is 0 Å². The van der Waals surface area contributed by atoms with E-state index in [0.29, 0.717) is 11.8 Å². The molecule has 1 aliphatic heterocycles. The maximum Gasteiger partial charge on any atom is 0.138 e. The molecular formula is C14H18N4OS. The second-order valence-electron chi connectivity index (χ2n) is 4.91. The summed E-state index contributed by atoms with van der Waals surface area (Å²) in [4.78, 5) is 5.11. The molecule has 1 aromatic heterocycles. The van der Waals surface area contributed by atoms with Crippen molar-refractivity contribution in [2.75, 3.05) is 12.3 Å². The van der Waals surface area contributed by atoms with Gasteiger partial charge in [0, 0.05) is 29.7 Å². The molecule has 106 valence electrons. The van der Waals surface area contributed by atoms with E-state index in [-0.39, 0.29) is 0 Å². The van der Waals surface area contributed by atoms with E-state index in [0.717, 1.165) is 36.7 Å². The zero-order valence-electron chi connectivity index (χ0n) is 11.2. The molecule has 0 saturated heterocycles. The van der Waals surface area contributed by atoms with E-state index in [9.17, 15) is 4.21 Å². The Kier molecular flexibility index (Phi) is 4.22. The van der Waals surface area contributed by atoms with Gasteiger partial charge >= 0.3 is 0 Å². The molecule has 6 heteroatoms. The molecule has 1 N–H and O–H groups in total. The highest BCUT2D eigenvalue weighted by atomic mass is 32.2. The summed E-state index contributed by atoms with van der Waals surface area (Å²) >= 11 is 0. The molecule has 0 unspecified atom stereocenters. The van der Waals surface area contributed by atoms with Crippen LogP contribution in [0, 0.1) is 0 Å². The SMILES string of the molecule is O=[S@](CCN[C@@H]1CCc2ncnn2C1)c1ccccc1. The minimum Gasteiger partial charge on any atom is -0.311 e. The van der Waals surface area contributed by atoms with Crippen LogP contribution in [-0.2, 0) is 23.8 Å². The van der Waals surface area contributed by atoms with Crippen LogP contribution in [0.1, 0.15) is 12.2 Å². The predicted octanol–water partition coefficient (Wildman–Crippen LogP) is 0.990. The Balaban J connectivity index is 1.46. The van der Waals surface area contributed by atoms with Crippen molar-refractivity contribution in [3.8, 4) is 0 Å². The van der Waals surface area contributed by atoms with Gasteiger partial charge < -0.3 is 5.32 Å². The molecule has 0 spiro atoms. The molecule has 0 aliphatic carbocycles. The Hall–Kier alpha value is -1.53. The number of hydrogen-bond donors (Lipinski definition) is 1. The second kappa shape index (κ2) is 6.28. The first-order chi connectivity index (χ1) is 9.83. The third-order valence-electron chi connectivity index (χ3n) is 3.53. The van der Waals surface area contributed by atoms with Crippen LogP contribution in [0.3, 0.4) is 0 Å². The van der Waals surface area contributed by atoms with Crippen LogP contribution in [0.4, 0.5) is 0 Å². The van der Waals surface area contributed by atoms with Crippen molar-refractivity contribution in [3.63, 3.8) is 0 Å². The van der Waals surface area contributed by atoms with Crippen LogP contribution in [0.5, 0.6) is 0 Å². The van der Waals surface area contributed by atoms with Crippen LogP contribution >= 0.6 is 0 Å². The van der Waals surface area contributed by atoms with Crippen LogP contribution in [0.25, 0.3) is 0 Å². The van der Waals surface area contributed by atoms with Gasteiger partial charge in [-0.15, -0.1) is 0 Å². The standard InChI is InChI=1S/C14H18N4OS/c19-20(13-4-2-1-3-5-13)9-8-15-12-6-7-14-16-11-17-18(14)10-12/h1-5,11-12,15H,6-10H2/t12-,20-/m1/s1. The van der Waals surface area contributed by atoms with Crippen LogP contribution < -0.4 is 5.32 Å². The lowest BCUT2D eigenvalue weighted by Crippen LogP contribution is -2.39. The summed E-state index contributed by atoms with van der Waals surface area (Å²) < 4.78 is 14.0. The van der Waals surface area contributed by atoms with Gasteiger partial charge in [0.2, 0.25) is 0 Å². The molecule has 0 fully saturated rings. The van der Waals surface area contributed by atoms with Crippen LogP contribution in [-0.4, -0.2) is 37.3 Å². The molecule has 0 saturated carbocycles. The topological polar surface area (TPSA) is 59.8 Å². The van der Waals surface area contributed by atoms with E-state index in [1.807, 2.05) is 35.0 Å². The van der Waals surface area contributed by atoms with Crippen molar-refractivity contribution in [1.29, 1.82) is 0 Å². The van der Waals surface area contributed by atoms with Crippen molar-refractivity contribution in [2.24, 2.45) is 0 Å². The molecule has 1 aliphatic rings. The fourth-order valence-corrected chi connectivity index (χ4v) is 3.45. The quantitative estimate of drug-likeness (QED) is 0.892. The van der Waals surface area contributed by atoms with Gasteiger partial charge in [0.1, 0.15) is 12.2 Å². The van der Waals surface area contributed by atoms with Crippen molar-refractivity contribution in [2.45, 2.75) is 30.3 Å². The zero-order valence-corrected chi connectivity index (χ0v) is 12.1. The highest BCUT2D eigenvalue weighted by molar-refractivity contribution is 7.85. The number of nitrogens with zero attached hydrogens (tertiary/aromatic N) is 3. The number of aromatic nitrogens is 3. The first kappa shape index (κ1) is 13.5. The summed E-state index contributed by atoms with van der Waals surface area (Å²) in [7, 11) is -0.922. The van der Waals surface area contributed by atoms with Gasteiger partial charge in [-0.2, -0.15) is 5.10 Å². The lowest BCUT2D eigenvalue weighted by molar-refractivity contribution is 0.365. The molecule has 20 heavy (non-hydrogen) atoms. The zero-order chi connectivity index (χ0) is 13.8. The largest absolute Gasteiger partial charge is 0.311 e. The minimum atomic E-state index is -0.922. The molecule has 2 heterocycles. The number of nitrogens with one attached hydrogen (secondary N) is 1.